The van der Waals surface area contributed by atoms with Crippen molar-refractivity contribution in [1.29, 1.82) is 0 Å². The smallest absolute Gasteiger partial charge is 0.224 e. The lowest BCUT2D eigenvalue weighted by Gasteiger charge is -2.31. The molecular weight excluding hydrogens is 298 g/mol. The lowest BCUT2D eigenvalue weighted by Crippen LogP contribution is -2.39. The van der Waals surface area contributed by atoms with Crippen LogP contribution >= 0.6 is 11.6 Å². The number of ether oxygens (including phenoxy) is 1. The maximum absolute atomic E-state index is 12.2. The van der Waals surface area contributed by atoms with Crippen LogP contribution in [0.1, 0.15) is 45.1 Å². The van der Waals surface area contributed by atoms with Gasteiger partial charge >= 0.3 is 0 Å². The fourth-order valence-corrected chi connectivity index (χ4v) is 3.41. The zero-order chi connectivity index (χ0) is 16.1. The zero-order valence-corrected chi connectivity index (χ0v) is 14.5. The lowest BCUT2D eigenvalue weighted by atomic mass is 9.79. The van der Waals surface area contributed by atoms with E-state index in [1.165, 1.54) is 12.8 Å². The molecule has 22 heavy (non-hydrogen) atoms. The Labute approximate surface area is 138 Å². The first-order valence-electron chi connectivity index (χ1n) is 8.11. The zero-order valence-electron chi connectivity index (χ0n) is 13.7. The van der Waals surface area contributed by atoms with Crippen LogP contribution in [0.3, 0.4) is 0 Å². The lowest BCUT2D eigenvalue weighted by molar-refractivity contribution is -0.121. The Kier molecular flexibility index (Phi) is 6.13. The van der Waals surface area contributed by atoms with Gasteiger partial charge in [-0.3, -0.25) is 4.79 Å². The second kappa shape index (κ2) is 7.87. The summed E-state index contributed by atoms with van der Waals surface area (Å²) in [6.07, 6.45) is 4.95. The van der Waals surface area contributed by atoms with Gasteiger partial charge in [0.1, 0.15) is 5.75 Å². The molecule has 0 unspecified atom stereocenters. The normalized spacial score (nSPS) is 21.7. The molecule has 1 amide bonds. The molecule has 1 saturated carbocycles. The van der Waals surface area contributed by atoms with E-state index in [1.54, 1.807) is 19.2 Å². The van der Waals surface area contributed by atoms with Crippen LogP contribution in [0.15, 0.2) is 18.2 Å². The minimum Gasteiger partial charge on any atom is -0.496 e. The molecule has 1 aromatic carbocycles. The van der Waals surface area contributed by atoms with Crippen LogP contribution in [-0.2, 0) is 11.2 Å². The summed E-state index contributed by atoms with van der Waals surface area (Å²) in [4.78, 5) is 12.2. The van der Waals surface area contributed by atoms with E-state index in [1.807, 2.05) is 6.07 Å². The number of benzene rings is 1. The molecule has 3 nitrogen and oxygen atoms in total. The summed E-state index contributed by atoms with van der Waals surface area (Å²) in [6, 6.07) is 5.72. The van der Waals surface area contributed by atoms with Crippen LogP contribution in [0.4, 0.5) is 0 Å². The van der Waals surface area contributed by atoms with Crippen molar-refractivity contribution < 1.29 is 9.53 Å². The highest BCUT2D eigenvalue weighted by molar-refractivity contribution is 6.30. The number of rotatable bonds is 5. The Bertz CT molecular complexity index is 508. The molecule has 0 spiro atoms. The summed E-state index contributed by atoms with van der Waals surface area (Å²) < 4.78 is 5.29. The van der Waals surface area contributed by atoms with Gasteiger partial charge in [0, 0.05) is 16.6 Å². The summed E-state index contributed by atoms with van der Waals surface area (Å²) >= 11 is 5.95. The Balaban J connectivity index is 1.86. The van der Waals surface area contributed by atoms with Crippen molar-refractivity contribution in [2.75, 3.05) is 7.11 Å². The van der Waals surface area contributed by atoms with Crippen LogP contribution in [-0.4, -0.2) is 19.1 Å². The predicted molar refractivity (Wildman–Crippen MR) is 90.4 cm³/mol. The standard InChI is InChI=1S/C18H26ClNO2/c1-12(2)13-5-8-16(9-6-13)20-18(21)10-14-4-7-15(19)11-17(14)22-3/h4,7,11-13,16H,5-6,8-10H2,1-3H3,(H,20,21). The highest BCUT2D eigenvalue weighted by Crippen LogP contribution is 2.30. The van der Waals surface area contributed by atoms with Crippen LogP contribution in [0.2, 0.25) is 5.02 Å². The van der Waals surface area contributed by atoms with Gasteiger partial charge < -0.3 is 10.1 Å². The van der Waals surface area contributed by atoms with Gasteiger partial charge in [-0.05, 0) is 49.7 Å². The quantitative estimate of drug-likeness (QED) is 0.881. The van der Waals surface area contributed by atoms with Crippen LogP contribution in [0, 0.1) is 11.8 Å². The third-order valence-electron chi connectivity index (χ3n) is 4.68. The predicted octanol–water partition coefficient (Wildman–Crippen LogP) is 4.22. The average Bonchev–Trinajstić information content (AvgIpc) is 2.49. The topological polar surface area (TPSA) is 38.3 Å². The second-order valence-electron chi connectivity index (χ2n) is 6.56. The van der Waals surface area contributed by atoms with Crippen molar-refractivity contribution in [1.82, 2.24) is 5.32 Å². The van der Waals surface area contributed by atoms with Gasteiger partial charge in [-0.25, -0.2) is 0 Å². The van der Waals surface area contributed by atoms with Gasteiger partial charge in [0.15, 0.2) is 0 Å². The maximum atomic E-state index is 12.2. The van der Waals surface area contributed by atoms with Crippen molar-refractivity contribution in [3.05, 3.63) is 28.8 Å². The average molecular weight is 324 g/mol. The van der Waals surface area contributed by atoms with E-state index < -0.39 is 0 Å². The fraction of sp³-hybridized carbons (Fsp3) is 0.611. The van der Waals surface area contributed by atoms with E-state index in [4.69, 9.17) is 16.3 Å². The first-order chi connectivity index (χ1) is 10.5. The number of carbonyl (C=O) groups excluding carboxylic acids is 1. The summed E-state index contributed by atoms with van der Waals surface area (Å²) in [5, 5.41) is 3.78. The number of nitrogens with one attached hydrogen (secondary N) is 1. The van der Waals surface area contributed by atoms with Gasteiger partial charge in [-0.15, -0.1) is 0 Å². The Morgan fingerprint density at radius 2 is 2.00 bits per heavy atom. The minimum absolute atomic E-state index is 0.0635. The van der Waals surface area contributed by atoms with Crippen LogP contribution < -0.4 is 10.1 Å². The van der Waals surface area contributed by atoms with E-state index in [-0.39, 0.29) is 5.91 Å². The molecule has 0 aliphatic heterocycles. The van der Waals surface area contributed by atoms with Gasteiger partial charge in [-0.2, -0.15) is 0 Å². The van der Waals surface area contributed by atoms with Gasteiger partial charge in [0.25, 0.3) is 0 Å². The van der Waals surface area contributed by atoms with E-state index in [0.717, 1.165) is 30.2 Å². The molecule has 1 fully saturated rings. The monoisotopic (exact) mass is 323 g/mol. The number of hydrogen-bond acceptors (Lipinski definition) is 2. The van der Waals surface area contributed by atoms with Gasteiger partial charge in [0.2, 0.25) is 5.91 Å². The Morgan fingerprint density at radius 1 is 1.32 bits per heavy atom. The summed E-state index contributed by atoms with van der Waals surface area (Å²) in [6.45, 7) is 4.58. The molecule has 122 valence electrons. The third-order valence-corrected chi connectivity index (χ3v) is 4.91. The molecule has 0 atom stereocenters. The summed E-state index contributed by atoms with van der Waals surface area (Å²) in [5.74, 6) is 2.29. The summed E-state index contributed by atoms with van der Waals surface area (Å²) in [5.41, 5.74) is 0.875. The Morgan fingerprint density at radius 3 is 2.59 bits per heavy atom. The van der Waals surface area contributed by atoms with Crippen molar-refractivity contribution >= 4 is 17.5 Å². The number of amides is 1. The number of hydrogen-bond donors (Lipinski definition) is 1. The first-order valence-corrected chi connectivity index (χ1v) is 8.49. The maximum Gasteiger partial charge on any atom is 0.224 e. The van der Waals surface area contributed by atoms with Crippen molar-refractivity contribution in [2.45, 2.75) is 52.0 Å². The highest BCUT2D eigenvalue weighted by Gasteiger charge is 2.24. The van der Waals surface area contributed by atoms with Crippen molar-refractivity contribution in [2.24, 2.45) is 11.8 Å². The molecular formula is C18H26ClNO2. The molecule has 4 heteroatoms. The van der Waals surface area contributed by atoms with Crippen molar-refractivity contribution in [3.63, 3.8) is 0 Å². The molecule has 1 aliphatic carbocycles. The highest BCUT2D eigenvalue weighted by atomic mass is 35.5. The molecule has 1 N–H and O–H groups in total. The second-order valence-corrected chi connectivity index (χ2v) is 6.99. The van der Waals surface area contributed by atoms with E-state index in [0.29, 0.717) is 23.2 Å². The summed E-state index contributed by atoms with van der Waals surface area (Å²) in [7, 11) is 1.60. The molecule has 0 aromatic heterocycles. The van der Waals surface area contributed by atoms with E-state index >= 15 is 0 Å². The molecule has 2 rings (SSSR count). The molecule has 1 aliphatic rings. The van der Waals surface area contributed by atoms with Crippen LogP contribution in [0.25, 0.3) is 0 Å². The van der Waals surface area contributed by atoms with Gasteiger partial charge in [0.05, 0.1) is 13.5 Å². The number of halogens is 1. The van der Waals surface area contributed by atoms with Crippen LogP contribution in [0.5, 0.6) is 5.75 Å². The third kappa shape index (κ3) is 4.64. The largest absolute Gasteiger partial charge is 0.496 e. The minimum atomic E-state index is 0.0635. The van der Waals surface area contributed by atoms with E-state index in [9.17, 15) is 4.79 Å². The molecule has 0 radical (unpaired) electrons. The van der Waals surface area contributed by atoms with E-state index in [2.05, 4.69) is 19.2 Å². The molecule has 0 heterocycles. The number of carbonyl (C=O) groups is 1. The molecule has 0 saturated heterocycles. The van der Waals surface area contributed by atoms with Crippen molar-refractivity contribution in [3.8, 4) is 5.75 Å². The fourth-order valence-electron chi connectivity index (χ4n) is 3.25. The Hall–Kier alpha value is -1.22. The molecule has 0 bridgehead atoms. The van der Waals surface area contributed by atoms with Gasteiger partial charge in [-0.1, -0.05) is 31.5 Å². The molecule has 1 aromatic rings. The first kappa shape index (κ1) is 17.1. The number of methoxy groups -OCH3 is 1. The SMILES string of the molecule is COc1cc(Cl)ccc1CC(=O)NC1CCC(C(C)C)CC1.